The van der Waals surface area contributed by atoms with E-state index in [0.717, 1.165) is 12.8 Å². The number of carboxylic acid groups (broad SMARTS) is 1. The van der Waals surface area contributed by atoms with Crippen LogP contribution in [0.25, 0.3) is 0 Å². The summed E-state index contributed by atoms with van der Waals surface area (Å²) < 4.78 is 11.0. The van der Waals surface area contributed by atoms with E-state index in [1.807, 2.05) is 0 Å². The number of carbonyl (C=O) groups excluding carboxylic acids is 1. The van der Waals surface area contributed by atoms with Crippen molar-refractivity contribution in [2.24, 2.45) is 0 Å². The predicted octanol–water partition coefficient (Wildman–Crippen LogP) is 1.77. The second kappa shape index (κ2) is 7.17. The summed E-state index contributed by atoms with van der Waals surface area (Å²) in [7, 11) is 0. The minimum Gasteiger partial charge on any atom is -0.480 e. The SMILES string of the molecule is O=C(NC1(C(=O)O)CCOCC1)c1ccc(OC2CCCC2)nc1. The number of nitrogens with zero attached hydrogens (tertiary/aromatic N) is 1. The first-order valence-corrected chi connectivity index (χ1v) is 8.35. The number of aliphatic carboxylic acids is 1. The third kappa shape index (κ3) is 3.67. The average Bonchev–Trinajstić information content (AvgIpc) is 3.09. The quantitative estimate of drug-likeness (QED) is 0.851. The summed E-state index contributed by atoms with van der Waals surface area (Å²) in [5, 5.41) is 12.1. The number of nitrogens with one attached hydrogen (secondary N) is 1. The largest absolute Gasteiger partial charge is 0.480 e. The van der Waals surface area contributed by atoms with Crippen molar-refractivity contribution in [3.8, 4) is 5.88 Å². The van der Waals surface area contributed by atoms with Crippen LogP contribution in [0.4, 0.5) is 0 Å². The van der Waals surface area contributed by atoms with Crippen molar-refractivity contribution in [2.45, 2.75) is 50.2 Å². The Morgan fingerprint density at radius 3 is 2.54 bits per heavy atom. The molecule has 0 unspecified atom stereocenters. The van der Waals surface area contributed by atoms with Gasteiger partial charge in [-0.15, -0.1) is 0 Å². The lowest BCUT2D eigenvalue weighted by molar-refractivity contribution is -0.148. The number of aromatic nitrogens is 1. The van der Waals surface area contributed by atoms with Gasteiger partial charge in [-0.25, -0.2) is 9.78 Å². The summed E-state index contributed by atoms with van der Waals surface area (Å²) in [6.07, 6.45) is 6.55. The first-order valence-electron chi connectivity index (χ1n) is 8.35. The summed E-state index contributed by atoms with van der Waals surface area (Å²) in [6.45, 7) is 0.637. The zero-order valence-electron chi connectivity index (χ0n) is 13.5. The van der Waals surface area contributed by atoms with Crippen LogP contribution in [0.1, 0.15) is 48.9 Å². The van der Waals surface area contributed by atoms with E-state index in [9.17, 15) is 14.7 Å². The molecule has 0 aromatic carbocycles. The molecular weight excluding hydrogens is 312 g/mol. The van der Waals surface area contributed by atoms with E-state index in [4.69, 9.17) is 9.47 Å². The Bertz CT molecular complexity index is 590. The highest BCUT2D eigenvalue weighted by molar-refractivity contribution is 5.97. The molecule has 1 saturated carbocycles. The van der Waals surface area contributed by atoms with Gasteiger partial charge in [0.2, 0.25) is 5.88 Å². The molecular formula is C17H22N2O5. The van der Waals surface area contributed by atoms with Gasteiger partial charge in [-0.3, -0.25) is 4.79 Å². The van der Waals surface area contributed by atoms with E-state index in [2.05, 4.69) is 10.3 Å². The van der Waals surface area contributed by atoms with Crippen molar-refractivity contribution < 1.29 is 24.2 Å². The van der Waals surface area contributed by atoms with Gasteiger partial charge in [-0.1, -0.05) is 0 Å². The molecule has 7 heteroatoms. The van der Waals surface area contributed by atoms with E-state index in [1.165, 1.54) is 19.0 Å². The molecule has 2 N–H and O–H groups in total. The van der Waals surface area contributed by atoms with Crippen molar-refractivity contribution in [3.05, 3.63) is 23.9 Å². The highest BCUT2D eigenvalue weighted by Crippen LogP contribution is 2.24. The van der Waals surface area contributed by atoms with Gasteiger partial charge in [0.1, 0.15) is 11.6 Å². The topological polar surface area (TPSA) is 97.8 Å². The van der Waals surface area contributed by atoms with Crippen LogP contribution in [0.2, 0.25) is 0 Å². The second-order valence-electron chi connectivity index (χ2n) is 6.36. The molecule has 24 heavy (non-hydrogen) atoms. The molecule has 2 fully saturated rings. The second-order valence-corrected chi connectivity index (χ2v) is 6.36. The Morgan fingerprint density at radius 2 is 1.96 bits per heavy atom. The third-order valence-electron chi connectivity index (χ3n) is 4.70. The maximum atomic E-state index is 12.4. The van der Waals surface area contributed by atoms with Gasteiger partial charge in [-0.2, -0.15) is 0 Å². The Labute approximate surface area is 140 Å². The van der Waals surface area contributed by atoms with E-state index in [0.29, 0.717) is 24.7 Å². The fraction of sp³-hybridized carbons (Fsp3) is 0.588. The van der Waals surface area contributed by atoms with Crippen LogP contribution in [0.3, 0.4) is 0 Å². The van der Waals surface area contributed by atoms with Gasteiger partial charge >= 0.3 is 5.97 Å². The fourth-order valence-corrected chi connectivity index (χ4v) is 3.16. The Balaban J connectivity index is 1.64. The van der Waals surface area contributed by atoms with Gasteiger partial charge in [-0.05, 0) is 31.7 Å². The van der Waals surface area contributed by atoms with Crippen LogP contribution in [-0.2, 0) is 9.53 Å². The number of hydrogen-bond donors (Lipinski definition) is 2. The number of ether oxygens (including phenoxy) is 2. The molecule has 0 atom stereocenters. The number of hydrogen-bond acceptors (Lipinski definition) is 5. The smallest absolute Gasteiger partial charge is 0.329 e. The zero-order chi connectivity index (χ0) is 17.0. The number of rotatable bonds is 5. The molecule has 1 aliphatic heterocycles. The summed E-state index contributed by atoms with van der Waals surface area (Å²) in [6, 6.07) is 3.27. The highest BCUT2D eigenvalue weighted by atomic mass is 16.5. The standard InChI is InChI=1S/C17H22N2O5/c20-15(19-17(16(21)22)7-9-23-10-8-17)12-5-6-14(18-11-12)24-13-3-1-2-4-13/h5-6,11,13H,1-4,7-10H2,(H,19,20)(H,21,22). The molecule has 0 bridgehead atoms. The molecule has 130 valence electrons. The summed E-state index contributed by atoms with van der Waals surface area (Å²) in [5.74, 6) is -0.982. The van der Waals surface area contributed by atoms with E-state index < -0.39 is 17.4 Å². The monoisotopic (exact) mass is 334 g/mol. The third-order valence-corrected chi connectivity index (χ3v) is 4.70. The van der Waals surface area contributed by atoms with Crippen LogP contribution in [0.15, 0.2) is 18.3 Å². The van der Waals surface area contributed by atoms with Crippen LogP contribution in [-0.4, -0.2) is 46.8 Å². The fourth-order valence-electron chi connectivity index (χ4n) is 3.16. The Hall–Kier alpha value is -2.15. The Kier molecular flexibility index (Phi) is 4.99. The van der Waals surface area contributed by atoms with Crippen molar-refractivity contribution in [1.82, 2.24) is 10.3 Å². The molecule has 7 nitrogen and oxygen atoms in total. The van der Waals surface area contributed by atoms with Crippen molar-refractivity contribution in [1.29, 1.82) is 0 Å². The summed E-state index contributed by atoms with van der Waals surface area (Å²) in [5.41, 5.74) is -0.949. The molecule has 2 heterocycles. The van der Waals surface area contributed by atoms with Gasteiger partial charge in [0.25, 0.3) is 5.91 Å². The summed E-state index contributed by atoms with van der Waals surface area (Å²) >= 11 is 0. The summed E-state index contributed by atoms with van der Waals surface area (Å²) in [4.78, 5) is 28.1. The van der Waals surface area contributed by atoms with E-state index in [-0.39, 0.29) is 18.9 Å². The molecule has 1 aliphatic carbocycles. The van der Waals surface area contributed by atoms with Crippen molar-refractivity contribution >= 4 is 11.9 Å². The van der Waals surface area contributed by atoms with Gasteiger partial charge in [0, 0.05) is 38.3 Å². The molecule has 1 amide bonds. The van der Waals surface area contributed by atoms with Crippen LogP contribution < -0.4 is 10.1 Å². The molecule has 0 spiro atoms. The predicted molar refractivity (Wildman–Crippen MR) is 85.0 cm³/mol. The van der Waals surface area contributed by atoms with E-state index >= 15 is 0 Å². The maximum absolute atomic E-state index is 12.4. The molecule has 3 rings (SSSR count). The first-order chi connectivity index (χ1) is 11.6. The normalized spacial score (nSPS) is 20.5. The number of carbonyl (C=O) groups is 2. The number of carboxylic acids is 1. The molecule has 0 radical (unpaired) electrons. The lowest BCUT2D eigenvalue weighted by Gasteiger charge is -2.33. The average molecular weight is 334 g/mol. The van der Waals surface area contributed by atoms with Gasteiger partial charge < -0.3 is 19.9 Å². The molecule has 2 aliphatic rings. The molecule has 1 aromatic heterocycles. The van der Waals surface area contributed by atoms with Crippen molar-refractivity contribution in [2.75, 3.05) is 13.2 Å². The number of pyridine rings is 1. The van der Waals surface area contributed by atoms with Gasteiger partial charge in [0.05, 0.1) is 5.56 Å². The molecule has 1 saturated heterocycles. The van der Waals surface area contributed by atoms with Crippen LogP contribution in [0, 0.1) is 0 Å². The van der Waals surface area contributed by atoms with Crippen LogP contribution >= 0.6 is 0 Å². The Morgan fingerprint density at radius 1 is 1.25 bits per heavy atom. The lowest BCUT2D eigenvalue weighted by atomic mass is 9.90. The highest BCUT2D eigenvalue weighted by Gasteiger charge is 2.41. The van der Waals surface area contributed by atoms with Crippen LogP contribution in [0.5, 0.6) is 5.88 Å². The van der Waals surface area contributed by atoms with Crippen molar-refractivity contribution in [3.63, 3.8) is 0 Å². The zero-order valence-corrected chi connectivity index (χ0v) is 13.5. The van der Waals surface area contributed by atoms with E-state index in [1.54, 1.807) is 12.1 Å². The maximum Gasteiger partial charge on any atom is 0.329 e. The lowest BCUT2D eigenvalue weighted by Crippen LogP contribution is -2.57. The molecule has 1 aromatic rings. The minimum atomic E-state index is -1.27. The number of amides is 1. The van der Waals surface area contributed by atoms with Gasteiger partial charge in [0.15, 0.2) is 0 Å². The minimum absolute atomic E-state index is 0.203. The first kappa shape index (κ1) is 16.7.